The van der Waals surface area contributed by atoms with Gasteiger partial charge in [0.25, 0.3) is 0 Å². The van der Waals surface area contributed by atoms with Crippen LogP contribution in [0.3, 0.4) is 0 Å². The second-order valence-corrected chi connectivity index (χ2v) is 7.01. The number of hydrazine groups is 1. The zero-order valence-electron chi connectivity index (χ0n) is 13.9. The fourth-order valence-electron chi connectivity index (χ4n) is 3.12. The van der Waals surface area contributed by atoms with E-state index in [9.17, 15) is 9.59 Å². The van der Waals surface area contributed by atoms with Crippen LogP contribution in [0.25, 0.3) is 0 Å². The number of amides is 1. The number of aromatic nitrogens is 1. The second kappa shape index (κ2) is 7.90. The first-order valence-corrected chi connectivity index (χ1v) is 9.32. The van der Waals surface area contributed by atoms with Gasteiger partial charge >= 0.3 is 5.97 Å². The fraction of sp³-hybridized carbons (Fsp3) is 0.588. The highest BCUT2D eigenvalue weighted by atomic mass is 32.1. The quantitative estimate of drug-likeness (QED) is 0.604. The molecule has 1 fully saturated rings. The van der Waals surface area contributed by atoms with Crippen molar-refractivity contribution in [1.29, 1.82) is 0 Å². The zero-order chi connectivity index (χ0) is 16.9. The van der Waals surface area contributed by atoms with Gasteiger partial charge in [-0.1, -0.05) is 18.6 Å². The van der Waals surface area contributed by atoms with Crippen molar-refractivity contribution in [2.24, 2.45) is 5.92 Å². The van der Waals surface area contributed by atoms with Crippen LogP contribution in [-0.4, -0.2) is 42.1 Å². The van der Waals surface area contributed by atoms with Crippen molar-refractivity contribution in [3.05, 3.63) is 23.2 Å². The fourth-order valence-corrected chi connectivity index (χ4v) is 3.97. The molecule has 0 radical (unpaired) electrons. The summed E-state index contributed by atoms with van der Waals surface area (Å²) >= 11 is 1.42. The van der Waals surface area contributed by atoms with E-state index in [2.05, 4.69) is 22.1 Å². The lowest BCUT2D eigenvalue weighted by atomic mass is 10.1. The standard InChI is InChI=1S/C17H23N3O3S/c1-23-15(21)11-14-12-24-17(18-14)20(19-9-5-2-6-10-19)16(22)13-7-3-4-8-13/h3-4,12-13H,2,5-11H2,1H3. The maximum atomic E-state index is 13.1. The highest BCUT2D eigenvalue weighted by molar-refractivity contribution is 7.14. The molecular weight excluding hydrogens is 326 g/mol. The summed E-state index contributed by atoms with van der Waals surface area (Å²) in [5.74, 6) is -0.205. The van der Waals surface area contributed by atoms with Crippen LogP contribution in [0.4, 0.5) is 5.13 Å². The van der Waals surface area contributed by atoms with Gasteiger partial charge in [-0.15, -0.1) is 11.3 Å². The molecule has 130 valence electrons. The van der Waals surface area contributed by atoms with Gasteiger partial charge in [-0.25, -0.2) is 15.0 Å². The molecule has 2 aliphatic rings. The number of methoxy groups -OCH3 is 1. The molecule has 0 unspecified atom stereocenters. The molecule has 0 atom stereocenters. The summed E-state index contributed by atoms with van der Waals surface area (Å²) in [5.41, 5.74) is 0.654. The predicted molar refractivity (Wildman–Crippen MR) is 92.6 cm³/mol. The number of carbonyl (C=O) groups is 2. The van der Waals surface area contributed by atoms with Crippen LogP contribution in [-0.2, 0) is 20.7 Å². The van der Waals surface area contributed by atoms with Gasteiger partial charge in [-0.3, -0.25) is 9.59 Å². The van der Waals surface area contributed by atoms with E-state index in [1.54, 1.807) is 5.01 Å². The third-order valence-electron chi connectivity index (χ3n) is 4.46. The molecule has 1 aromatic rings. The lowest BCUT2D eigenvalue weighted by Crippen LogP contribution is -2.51. The molecule has 1 amide bonds. The van der Waals surface area contributed by atoms with Crippen LogP contribution < -0.4 is 5.01 Å². The maximum absolute atomic E-state index is 13.1. The van der Waals surface area contributed by atoms with E-state index in [0.29, 0.717) is 10.8 Å². The number of hydrogen-bond acceptors (Lipinski definition) is 6. The van der Waals surface area contributed by atoms with Gasteiger partial charge in [0, 0.05) is 24.4 Å². The molecule has 0 N–H and O–H groups in total. The Balaban J connectivity index is 1.80. The maximum Gasteiger partial charge on any atom is 0.311 e. The van der Waals surface area contributed by atoms with Crippen molar-refractivity contribution in [3.63, 3.8) is 0 Å². The Morgan fingerprint density at radius 3 is 2.67 bits per heavy atom. The average molecular weight is 349 g/mol. The highest BCUT2D eigenvalue weighted by Gasteiger charge is 2.32. The lowest BCUT2D eigenvalue weighted by molar-refractivity contribution is -0.139. The number of allylic oxidation sites excluding steroid dienone is 2. The van der Waals surface area contributed by atoms with Crippen LogP contribution in [0, 0.1) is 5.92 Å². The van der Waals surface area contributed by atoms with Crippen molar-refractivity contribution in [3.8, 4) is 0 Å². The Kier molecular flexibility index (Phi) is 5.63. The summed E-state index contributed by atoms with van der Waals surface area (Å²) in [6.07, 6.45) is 9.26. The van der Waals surface area contributed by atoms with Gasteiger partial charge in [0.15, 0.2) is 0 Å². The second-order valence-electron chi connectivity index (χ2n) is 6.18. The number of ether oxygens (including phenoxy) is 1. The Bertz CT molecular complexity index is 614. The van der Waals surface area contributed by atoms with Gasteiger partial charge in [0.05, 0.1) is 19.2 Å². The van der Waals surface area contributed by atoms with Gasteiger partial charge in [-0.2, -0.15) is 0 Å². The molecule has 3 rings (SSSR count). The van der Waals surface area contributed by atoms with Crippen LogP contribution >= 0.6 is 11.3 Å². The summed E-state index contributed by atoms with van der Waals surface area (Å²) in [6.45, 7) is 1.75. The molecule has 7 heteroatoms. The van der Waals surface area contributed by atoms with E-state index in [1.807, 2.05) is 5.38 Å². The lowest BCUT2D eigenvalue weighted by Gasteiger charge is -2.36. The zero-order valence-corrected chi connectivity index (χ0v) is 14.8. The molecule has 0 aromatic carbocycles. The van der Waals surface area contributed by atoms with Gasteiger partial charge < -0.3 is 4.74 Å². The van der Waals surface area contributed by atoms with Crippen LogP contribution in [0.2, 0.25) is 0 Å². The largest absolute Gasteiger partial charge is 0.469 e. The monoisotopic (exact) mass is 349 g/mol. The van der Waals surface area contributed by atoms with Crippen molar-refractivity contribution < 1.29 is 14.3 Å². The first kappa shape index (κ1) is 17.1. The van der Waals surface area contributed by atoms with E-state index in [4.69, 9.17) is 4.74 Å². The summed E-state index contributed by atoms with van der Waals surface area (Å²) < 4.78 is 4.70. The molecule has 0 bridgehead atoms. The highest BCUT2D eigenvalue weighted by Crippen LogP contribution is 2.29. The van der Waals surface area contributed by atoms with Crippen molar-refractivity contribution in [2.45, 2.75) is 38.5 Å². The third-order valence-corrected chi connectivity index (χ3v) is 5.32. The minimum atomic E-state index is -0.317. The van der Waals surface area contributed by atoms with Gasteiger partial charge in [0.1, 0.15) is 0 Å². The van der Waals surface area contributed by atoms with E-state index in [0.717, 1.165) is 38.8 Å². The van der Waals surface area contributed by atoms with Crippen molar-refractivity contribution in [2.75, 3.05) is 25.2 Å². The first-order valence-electron chi connectivity index (χ1n) is 8.44. The SMILES string of the molecule is COC(=O)Cc1csc(N(C(=O)C2CC=CC2)N2CCCCC2)n1. The Labute approximate surface area is 146 Å². The Morgan fingerprint density at radius 1 is 1.29 bits per heavy atom. The predicted octanol–water partition coefficient (Wildman–Crippen LogP) is 2.56. The summed E-state index contributed by atoms with van der Waals surface area (Å²) in [7, 11) is 1.37. The molecule has 24 heavy (non-hydrogen) atoms. The first-order chi connectivity index (χ1) is 11.7. The van der Waals surface area contributed by atoms with Crippen LogP contribution in [0.1, 0.15) is 37.8 Å². The molecule has 1 saturated heterocycles. The number of piperidine rings is 1. The van der Waals surface area contributed by atoms with Crippen molar-refractivity contribution in [1.82, 2.24) is 9.99 Å². The minimum absolute atomic E-state index is 0.000108. The number of carbonyl (C=O) groups excluding carboxylic acids is 2. The van der Waals surface area contributed by atoms with E-state index in [1.165, 1.54) is 24.9 Å². The summed E-state index contributed by atoms with van der Waals surface area (Å²) in [6, 6.07) is 0. The Hall–Kier alpha value is -1.73. The number of thiazole rings is 1. The van der Waals surface area contributed by atoms with Gasteiger partial charge in [-0.05, 0) is 25.7 Å². The van der Waals surface area contributed by atoms with E-state index < -0.39 is 0 Å². The Morgan fingerprint density at radius 2 is 2.00 bits per heavy atom. The topological polar surface area (TPSA) is 62.7 Å². The smallest absolute Gasteiger partial charge is 0.311 e. The molecule has 0 saturated carbocycles. The van der Waals surface area contributed by atoms with Gasteiger partial charge in [0.2, 0.25) is 11.0 Å². The number of esters is 1. The molecule has 6 nitrogen and oxygen atoms in total. The average Bonchev–Trinajstić information content (AvgIpc) is 3.28. The van der Waals surface area contributed by atoms with E-state index >= 15 is 0 Å². The summed E-state index contributed by atoms with van der Waals surface area (Å²) in [4.78, 5) is 29.0. The number of rotatable bonds is 5. The number of hydrogen-bond donors (Lipinski definition) is 0. The normalized spacial score (nSPS) is 18.7. The van der Waals surface area contributed by atoms with Crippen molar-refractivity contribution >= 4 is 28.3 Å². The molecule has 1 aromatic heterocycles. The molecule has 1 aliphatic carbocycles. The molecule has 2 heterocycles. The molecular formula is C17H23N3O3S. The number of nitrogens with zero attached hydrogens (tertiary/aromatic N) is 3. The third kappa shape index (κ3) is 3.84. The van der Waals surface area contributed by atoms with Crippen LogP contribution in [0.5, 0.6) is 0 Å². The molecule has 0 spiro atoms. The summed E-state index contributed by atoms with van der Waals surface area (Å²) in [5, 5.41) is 6.38. The number of anilines is 1. The minimum Gasteiger partial charge on any atom is -0.469 e. The molecule has 1 aliphatic heterocycles. The van der Waals surface area contributed by atoms with Crippen LogP contribution in [0.15, 0.2) is 17.5 Å². The van der Waals surface area contributed by atoms with E-state index in [-0.39, 0.29) is 24.2 Å².